The Morgan fingerprint density at radius 1 is 0.931 bits per heavy atom. The van der Waals surface area contributed by atoms with Crippen molar-refractivity contribution in [1.29, 1.82) is 0 Å². The molecule has 0 N–H and O–H groups in total. The fourth-order valence-electron chi connectivity index (χ4n) is 3.98. The molecule has 0 amide bonds. The zero-order valence-corrected chi connectivity index (χ0v) is 17.0. The van der Waals surface area contributed by atoms with E-state index >= 15 is 0 Å². The Hall–Kier alpha value is -2.90. The van der Waals surface area contributed by atoms with Gasteiger partial charge in [0.15, 0.2) is 5.41 Å². The molecular weight excluding hydrogens is 374 g/mol. The molecule has 1 fully saturated rings. The molecule has 1 heterocycles. The van der Waals surface area contributed by atoms with Gasteiger partial charge in [-0.2, -0.15) is 5.06 Å². The topological polar surface area (TPSA) is 74.3 Å². The Bertz CT molecular complexity index is 835. The second-order valence-electron chi connectivity index (χ2n) is 6.89. The minimum atomic E-state index is -1.59. The number of hydrogen-bond donors (Lipinski definition) is 0. The summed E-state index contributed by atoms with van der Waals surface area (Å²) >= 11 is 0. The molecule has 0 aromatic heterocycles. The molecule has 0 radical (unpaired) electrons. The van der Waals surface area contributed by atoms with E-state index in [1.54, 1.807) is 31.4 Å². The van der Waals surface area contributed by atoms with Crippen molar-refractivity contribution in [3.05, 3.63) is 65.7 Å². The van der Waals surface area contributed by atoms with Crippen LogP contribution in [0.2, 0.25) is 0 Å². The van der Waals surface area contributed by atoms with Crippen molar-refractivity contribution in [2.24, 2.45) is 5.41 Å². The molecule has 3 rings (SSSR count). The fraction of sp³-hybridized carbons (Fsp3) is 0.364. The van der Waals surface area contributed by atoms with Crippen LogP contribution >= 0.6 is 0 Å². The van der Waals surface area contributed by atoms with E-state index < -0.39 is 29.5 Å². The fourth-order valence-corrected chi connectivity index (χ4v) is 3.98. The summed E-state index contributed by atoms with van der Waals surface area (Å²) in [7, 11) is 5.83. The van der Waals surface area contributed by atoms with Crippen molar-refractivity contribution < 1.29 is 28.6 Å². The van der Waals surface area contributed by atoms with Gasteiger partial charge in [0.05, 0.1) is 27.4 Å². The van der Waals surface area contributed by atoms with Crippen molar-refractivity contribution in [2.75, 3.05) is 28.4 Å². The molecule has 0 spiro atoms. The number of hydrogen-bond acceptors (Lipinski definition) is 7. The minimum absolute atomic E-state index is 0.0720. The number of hydroxylamine groups is 2. The van der Waals surface area contributed by atoms with Crippen LogP contribution in [-0.2, 0) is 23.9 Å². The lowest BCUT2D eigenvalue weighted by Gasteiger charge is -2.47. The predicted octanol–water partition coefficient (Wildman–Crippen LogP) is 3.08. The highest BCUT2D eigenvalue weighted by atomic mass is 16.7. The molecule has 0 aliphatic carbocycles. The van der Waals surface area contributed by atoms with E-state index in [9.17, 15) is 9.59 Å². The average molecular weight is 399 g/mol. The quantitative estimate of drug-likeness (QED) is 0.565. The van der Waals surface area contributed by atoms with E-state index in [0.29, 0.717) is 5.75 Å². The number of nitrogens with zero attached hydrogens (tertiary/aromatic N) is 1. The van der Waals surface area contributed by atoms with Crippen LogP contribution in [0.5, 0.6) is 5.75 Å². The number of carbonyl (C=O) groups is 2. The molecule has 7 nitrogen and oxygen atoms in total. The van der Waals surface area contributed by atoms with Gasteiger partial charge in [-0.05, 0) is 23.3 Å². The molecule has 7 heteroatoms. The summed E-state index contributed by atoms with van der Waals surface area (Å²) in [6.07, 6.45) is -0.480. The highest BCUT2D eigenvalue weighted by Crippen LogP contribution is 2.51. The van der Waals surface area contributed by atoms with Gasteiger partial charge in [-0.15, -0.1) is 0 Å². The summed E-state index contributed by atoms with van der Waals surface area (Å²) in [5.41, 5.74) is -0.0389. The predicted molar refractivity (Wildman–Crippen MR) is 105 cm³/mol. The lowest BCUT2D eigenvalue weighted by atomic mass is 9.70. The zero-order valence-electron chi connectivity index (χ0n) is 17.0. The number of methoxy groups -OCH3 is 3. The first-order valence-corrected chi connectivity index (χ1v) is 9.23. The van der Waals surface area contributed by atoms with Gasteiger partial charge in [-0.25, -0.2) is 0 Å². The lowest BCUT2D eigenvalue weighted by molar-refractivity contribution is -0.277. The van der Waals surface area contributed by atoms with Crippen molar-refractivity contribution >= 4 is 11.9 Å². The maximum atomic E-state index is 13.1. The molecule has 154 valence electrons. The van der Waals surface area contributed by atoms with Crippen LogP contribution in [0, 0.1) is 5.41 Å². The third-order valence-corrected chi connectivity index (χ3v) is 5.33. The Morgan fingerprint density at radius 2 is 1.52 bits per heavy atom. The van der Waals surface area contributed by atoms with Crippen LogP contribution in [0.15, 0.2) is 54.6 Å². The highest BCUT2D eigenvalue weighted by Gasteiger charge is 2.61. The van der Waals surface area contributed by atoms with Crippen LogP contribution in [0.4, 0.5) is 0 Å². The normalized spacial score (nSPS) is 21.2. The molecule has 0 saturated carbocycles. The van der Waals surface area contributed by atoms with E-state index in [1.165, 1.54) is 14.2 Å². The summed E-state index contributed by atoms with van der Waals surface area (Å²) in [4.78, 5) is 32.3. The second-order valence-corrected chi connectivity index (χ2v) is 6.89. The maximum absolute atomic E-state index is 13.1. The number of carbonyl (C=O) groups excluding carboxylic acids is 2. The van der Waals surface area contributed by atoms with Crippen LogP contribution in [-0.4, -0.2) is 45.4 Å². The van der Waals surface area contributed by atoms with Gasteiger partial charge in [0.2, 0.25) is 0 Å². The molecule has 2 aromatic carbocycles. The van der Waals surface area contributed by atoms with Crippen molar-refractivity contribution in [3.63, 3.8) is 0 Å². The van der Waals surface area contributed by atoms with Crippen LogP contribution in [0.25, 0.3) is 0 Å². The smallest absolute Gasteiger partial charge is 0.325 e. The molecule has 29 heavy (non-hydrogen) atoms. The van der Waals surface area contributed by atoms with Crippen molar-refractivity contribution in [2.45, 2.75) is 18.6 Å². The van der Waals surface area contributed by atoms with E-state index in [2.05, 4.69) is 0 Å². The van der Waals surface area contributed by atoms with Crippen LogP contribution in [0.3, 0.4) is 0 Å². The Morgan fingerprint density at radius 3 is 2.03 bits per heavy atom. The molecular formula is C22H25NO6. The van der Waals surface area contributed by atoms with E-state index in [-0.39, 0.29) is 6.42 Å². The highest BCUT2D eigenvalue weighted by molar-refractivity contribution is 6.01. The van der Waals surface area contributed by atoms with Gasteiger partial charge in [-0.1, -0.05) is 42.5 Å². The number of esters is 2. The van der Waals surface area contributed by atoms with Gasteiger partial charge in [0.25, 0.3) is 0 Å². The SMILES string of the molecule is COC(=O)C1(C(=O)OC)CC(c2ccc(OC)cc2)ON(C)C1c1ccccc1. The maximum Gasteiger partial charge on any atom is 0.325 e. The van der Waals surface area contributed by atoms with E-state index in [4.69, 9.17) is 19.0 Å². The summed E-state index contributed by atoms with van der Waals surface area (Å²) < 4.78 is 15.4. The first-order chi connectivity index (χ1) is 14.0. The zero-order chi connectivity index (χ0) is 21.0. The first-order valence-electron chi connectivity index (χ1n) is 9.23. The lowest BCUT2D eigenvalue weighted by Crippen LogP contribution is -2.55. The number of benzene rings is 2. The standard InChI is InChI=1S/C22H25NO6/c1-23-19(16-8-6-5-7-9-16)22(20(24)27-3,21(25)28-4)14-18(29-23)15-10-12-17(26-2)13-11-15/h5-13,18-19H,14H2,1-4H3. The summed E-state index contributed by atoms with van der Waals surface area (Å²) in [6.45, 7) is 0. The second kappa shape index (κ2) is 8.63. The molecule has 0 bridgehead atoms. The Kier molecular flexibility index (Phi) is 6.20. The largest absolute Gasteiger partial charge is 0.497 e. The van der Waals surface area contributed by atoms with Gasteiger partial charge in [0, 0.05) is 13.5 Å². The molecule has 1 aliphatic rings. The van der Waals surface area contributed by atoms with E-state index in [1.807, 2.05) is 42.5 Å². The monoisotopic (exact) mass is 399 g/mol. The number of ether oxygens (including phenoxy) is 3. The average Bonchev–Trinajstić information content (AvgIpc) is 2.77. The van der Waals surface area contributed by atoms with Crippen molar-refractivity contribution in [1.82, 2.24) is 5.06 Å². The van der Waals surface area contributed by atoms with Gasteiger partial charge < -0.3 is 14.2 Å². The number of rotatable bonds is 5. The third-order valence-electron chi connectivity index (χ3n) is 5.33. The first kappa shape index (κ1) is 20.8. The molecule has 1 aliphatic heterocycles. The van der Waals surface area contributed by atoms with Gasteiger partial charge in [-0.3, -0.25) is 14.4 Å². The van der Waals surface area contributed by atoms with Crippen LogP contribution in [0.1, 0.15) is 29.7 Å². The summed E-state index contributed by atoms with van der Waals surface area (Å²) in [6, 6.07) is 15.8. The Balaban J connectivity index is 2.11. The van der Waals surface area contributed by atoms with Crippen molar-refractivity contribution in [3.8, 4) is 5.75 Å². The minimum Gasteiger partial charge on any atom is -0.497 e. The van der Waals surface area contributed by atoms with Gasteiger partial charge >= 0.3 is 11.9 Å². The molecule has 2 aromatic rings. The molecule has 2 atom stereocenters. The summed E-state index contributed by atoms with van der Waals surface area (Å²) in [5, 5.41) is 1.54. The van der Waals surface area contributed by atoms with Crippen LogP contribution < -0.4 is 4.74 Å². The summed E-state index contributed by atoms with van der Waals surface area (Å²) in [5.74, 6) is -0.619. The molecule has 1 saturated heterocycles. The van der Waals surface area contributed by atoms with E-state index in [0.717, 1.165) is 11.1 Å². The Labute approximate surface area is 170 Å². The molecule has 2 unspecified atom stereocenters. The third kappa shape index (κ3) is 3.71. The van der Waals surface area contributed by atoms with Gasteiger partial charge in [0.1, 0.15) is 11.9 Å².